The minimum Gasteiger partial charge on any atom is -0.496 e. The molecule has 0 saturated carbocycles. The second-order valence-electron chi connectivity index (χ2n) is 4.74. The van der Waals surface area contributed by atoms with Gasteiger partial charge in [-0.25, -0.2) is 8.78 Å². The van der Waals surface area contributed by atoms with Gasteiger partial charge in [-0.1, -0.05) is 18.2 Å². The molecule has 0 aliphatic heterocycles. The summed E-state index contributed by atoms with van der Waals surface area (Å²) >= 11 is 0. The van der Waals surface area contributed by atoms with E-state index in [-0.39, 0.29) is 5.56 Å². The van der Waals surface area contributed by atoms with Crippen molar-refractivity contribution < 1.29 is 13.5 Å². The molecule has 20 heavy (non-hydrogen) atoms. The zero-order chi connectivity index (χ0) is 14.9. The molecule has 0 aliphatic carbocycles. The maximum Gasteiger partial charge on any atom is 0.131 e. The van der Waals surface area contributed by atoms with Gasteiger partial charge < -0.3 is 10.5 Å². The van der Waals surface area contributed by atoms with Gasteiger partial charge in [0.15, 0.2) is 0 Å². The van der Waals surface area contributed by atoms with Crippen molar-refractivity contribution >= 4 is 0 Å². The summed E-state index contributed by atoms with van der Waals surface area (Å²) in [6.45, 7) is 3.83. The summed E-state index contributed by atoms with van der Waals surface area (Å²) < 4.78 is 33.0. The quantitative estimate of drug-likeness (QED) is 0.929. The number of ether oxygens (including phenoxy) is 1. The van der Waals surface area contributed by atoms with Gasteiger partial charge in [0.05, 0.1) is 13.2 Å². The average molecular weight is 277 g/mol. The molecule has 0 amide bonds. The molecule has 2 nitrogen and oxygen atoms in total. The second-order valence-corrected chi connectivity index (χ2v) is 4.74. The van der Waals surface area contributed by atoms with E-state index in [9.17, 15) is 8.78 Å². The van der Waals surface area contributed by atoms with E-state index in [0.717, 1.165) is 11.1 Å². The predicted molar refractivity (Wildman–Crippen MR) is 74.9 cm³/mol. The van der Waals surface area contributed by atoms with Gasteiger partial charge >= 0.3 is 0 Å². The molecule has 1 atom stereocenters. The van der Waals surface area contributed by atoms with Crippen LogP contribution in [0.25, 0.3) is 0 Å². The van der Waals surface area contributed by atoms with Crippen molar-refractivity contribution in [1.29, 1.82) is 0 Å². The summed E-state index contributed by atoms with van der Waals surface area (Å²) in [5.41, 5.74) is 8.43. The third-order valence-electron chi connectivity index (χ3n) is 3.56. The van der Waals surface area contributed by atoms with Crippen LogP contribution in [-0.4, -0.2) is 7.11 Å². The standard InChI is InChI=1S/C16H17F2NO/c1-9-7-8-11(16(20-3)10(9)2)15(19)14-12(17)5-4-6-13(14)18/h4-8,15H,19H2,1-3H3. The van der Waals surface area contributed by atoms with Crippen molar-refractivity contribution in [2.24, 2.45) is 5.73 Å². The molecular weight excluding hydrogens is 260 g/mol. The summed E-state index contributed by atoms with van der Waals surface area (Å²) in [4.78, 5) is 0. The molecule has 0 spiro atoms. The molecule has 4 heteroatoms. The Morgan fingerprint density at radius 3 is 2.20 bits per heavy atom. The fourth-order valence-corrected chi connectivity index (χ4v) is 2.29. The predicted octanol–water partition coefficient (Wildman–Crippen LogP) is 3.64. The van der Waals surface area contributed by atoms with Crippen molar-refractivity contribution in [3.05, 3.63) is 64.2 Å². The average Bonchev–Trinajstić information content (AvgIpc) is 2.41. The molecule has 0 radical (unpaired) electrons. The summed E-state index contributed by atoms with van der Waals surface area (Å²) in [5, 5.41) is 0. The van der Waals surface area contributed by atoms with Crippen molar-refractivity contribution in [3.8, 4) is 5.75 Å². The van der Waals surface area contributed by atoms with Gasteiger partial charge in [0.1, 0.15) is 17.4 Å². The molecule has 2 N–H and O–H groups in total. The lowest BCUT2D eigenvalue weighted by Crippen LogP contribution is -2.17. The van der Waals surface area contributed by atoms with Crippen LogP contribution in [0.3, 0.4) is 0 Å². The smallest absolute Gasteiger partial charge is 0.131 e. The normalized spacial score (nSPS) is 12.3. The molecule has 1 unspecified atom stereocenters. The maximum absolute atomic E-state index is 13.8. The lowest BCUT2D eigenvalue weighted by atomic mass is 9.94. The first-order valence-electron chi connectivity index (χ1n) is 6.31. The van der Waals surface area contributed by atoms with Crippen molar-refractivity contribution in [2.45, 2.75) is 19.9 Å². The number of benzene rings is 2. The van der Waals surface area contributed by atoms with Gasteiger partial charge in [-0.15, -0.1) is 0 Å². The fourth-order valence-electron chi connectivity index (χ4n) is 2.29. The van der Waals surface area contributed by atoms with Crippen LogP contribution in [0, 0.1) is 25.5 Å². The Kier molecular flexibility index (Phi) is 4.04. The van der Waals surface area contributed by atoms with Crippen LogP contribution in [-0.2, 0) is 0 Å². The summed E-state index contributed by atoms with van der Waals surface area (Å²) in [6, 6.07) is 6.42. The third-order valence-corrected chi connectivity index (χ3v) is 3.56. The molecule has 0 bridgehead atoms. The van der Waals surface area contributed by atoms with Crippen molar-refractivity contribution in [1.82, 2.24) is 0 Å². The van der Waals surface area contributed by atoms with Gasteiger partial charge in [0.2, 0.25) is 0 Å². The molecule has 2 aromatic rings. The molecule has 106 valence electrons. The van der Waals surface area contributed by atoms with Crippen LogP contribution in [0.1, 0.15) is 28.3 Å². The van der Waals surface area contributed by atoms with E-state index in [0.29, 0.717) is 11.3 Å². The first-order chi connectivity index (χ1) is 9.47. The first-order valence-corrected chi connectivity index (χ1v) is 6.31. The third kappa shape index (κ3) is 2.39. The molecule has 0 saturated heterocycles. The molecule has 0 fully saturated rings. The van der Waals surface area contributed by atoms with Gasteiger partial charge in [-0.3, -0.25) is 0 Å². The highest BCUT2D eigenvalue weighted by Gasteiger charge is 2.22. The SMILES string of the molecule is COc1c(C(N)c2c(F)cccc2F)ccc(C)c1C. The van der Waals surface area contributed by atoms with E-state index in [1.54, 1.807) is 6.07 Å². The fraction of sp³-hybridized carbons (Fsp3) is 0.250. The van der Waals surface area contributed by atoms with E-state index in [4.69, 9.17) is 10.5 Å². The van der Waals surface area contributed by atoms with Gasteiger partial charge in [-0.05, 0) is 37.1 Å². The number of hydrogen-bond acceptors (Lipinski definition) is 2. The van der Waals surface area contributed by atoms with E-state index < -0.39 is 17.7 Å². The largest absolute Gasteiger partial charge is 0.496 e. The van der Waals surface area contributed by atoms with Crippen molar-refractivity contribution in [2.75, 3.05) is 7.11 Å². The monoisotopic (exact) mass is 277 g/mol. The molecule has 0 aliphatic rings. The Balaban J connectivity index is 2.60. The highest BCUT2D eigenvalue weighted by atomic mass is 19.1. The van der Waals surface area contributed by atoms with E-state index in [1.807, 2.05) is 19.9 Å². The summed E-state index contributed by atoms with van der Waals surface area (Å²) in [7, 11) is 1.52. The molecule has 0 heterocycles. The Morgan fingerprint density at radius 2 is 1.65 bits per heavy atom. The van der Waals surface area contributed by atoms with E-state index in [2.05, 4.69) is 0 Å². The molecule has 2 aromatic carbocycles. The van der Waals surface area contributed by atoms with Crippen LogP contribution in [0.2, 0.25) is 0 Å². The minimum absolute atomic E-state index is 0.144. The number of halogens is 2. The zero-order valence-corrected chi connectivity index (χ0v) is 11.7. The maximum atomic E-state index is 13.8. The number of methoxy groups -OCH3 is 1. The Morgan fingerprint density at radius 1 is 1.05 bits per heavy atom. The van der Waals surface area contributed by atoms with Crippen LogP contribution in [0.5, 0.6) is 5.75 Å². The summed E-state index contributed by atoms with van der Waals surface area (Å²) in [6.07, 6.45) is 0. The van der Waals surface area contributed by atoms with Crippen LogP contribution in [0.15, 0.2) is 30.3 Å². The zero-order valence-electron chi connectivity index (χ0n) is 11.7. The highest BCUT2D eigenvalue weighted by Crippen LogP contribution is 2.34. The van der Waals surface area contributed by atoms with Crippen LogP contribution >= 0.6 is 0 Å². The topological polar surface area (TPSA) is 35.2 Å². The van der Waals surface area contributed by atoms with Gasteiger partial charge in [0, 0.05) is 11.1 Å². The minimum atomic E-state index is -0.912. The number of rotatable bonds is 3. The second kappa shape index (κ2) is 5.59. The Labute approximate surface area is 117 Å². The van der Waals surface area contributed by atoms with Crippen LogP contribution < -0.4 is 10.5 Å². The lowest BCUT2D eigenvalue weighted by molar-refractivity contribution is 0.403. The lowest BCUT2D eigenvalue weighted by Gasteiger charge is -2.19. The van der Waals surface area contributed by atoms with Crippen LogP contribution in [0.4, 0.5) is 8.78 Å². The summed E-state index contributed by atoms with van der Waals surface area (Å²) in [5.74, 6) is -0.740. The Hall–Kier alpha value is -1.94. The molecule has 0 aromatic heterocycles. The van der Waals surface area contributed by atoms with Crippen molar-refractivity contribution in [3.63, 3.8) is 0 Å². The van der Waals surface area contributed by atoms with Gasteiger partial charge in [0.25, 0.3) is 0 Å². The number of aryl methyl sites for hydroxylation is 1. The number of hydrogen-bond donors (Lipinski definition) is 1. The molecule has 2 rings (SSSR count). The van der Waals surface area contributed by atoms with Gasteiger partial charge in [-0.2, -0.15) is 0 Å². The molecular formula is C16H17F2NO. The number of nitrogens with two attached hydrogens (primary N) is 1. The Bertz CT molecular complexity index is 620. The van der Waals surface area contributed by atoms with E-state index >= 15 is 0 Å². The highest BCUT2D eigenvalue weighted by molar-refractivity contribution is 5.49. The van der Waals surface area contributed by atoms with E-state index in [1.165, 1.54) is 25.3 Å². The first kappa shape index (κ1) is 14.5.